The third kappa shape index (κ3) is 5.60. The van der Waals surface area contributed by atoms with Crippen molar-refractivity contribution in [2.24, 2.45) is 0 Å². The number of benzene rings is 1. The van der Waals surface area contributed by atoms with E-state index in [1.165, 1.54) is 0 Å². The lowest BCUT2D eigenvalue weighted by molar-refractivity contribution is -0.143. The topological polar surface area (TPSA) is 58.2 Å². The van der Waals surface area contributed by atoms with Crippen molar-refractivity contribution in [3.63, 3.8) is 0 Å². The van der Waals surface area contributed by atoms with Gasteiger partial charge in [-0.3, -0.25) is 0 Å². The maximum Gasteiger partial charge on any atom is 0.416 e. The Labute approximate surface area is 159 Å². The summed E-state index contributed by atoms with van der Waals surface area (Å²) in [5.74, 6) is 0. The summed E-state index contributed by atoms with van der Waals surface area (Å²) in [6.45, 7) is 7.34. The van der Waals surface area contributed by atoms with E-state index in [1.54, 1.807) is 0 Å². The summed E-state index contributed by atoms with van der Waals surface area (Å²) >= 11 is 0. The van der Waals surface area contributed by atoms with Crippen LogP contribution >= 0.6 is 0 Å². The molecule has 0 spiro atoms. The van der Waals surface area contributed by atoms with Crippen LogP contribution in [0.3, 0.4) is 0 Å². The Morgan fingerprint density at radius 2 is 1.29 bits per heavy atom. The Balaban J connectivity index is 2.45. The van der Waals surface area contributed by atoms with Gasteiger partial charge in [-0.1, -0.05) is 0 Å². The molecule has 0 bridgehead atoms. The van der Waals surface area contributed by atoms with Crippen molar-refractivity contribution in [1.29, 1.82) is 0 Å². The quantitative estimate of drug-likeness (QED) is 0.700. The van der Waals surface area contributed by atoms with Crippen LogP contribution in [0.15, 0.2) is 23.1 Å². The van der Waals surface area contributed by atoms with Gasteiger partial charge in [0.15, 0.2) is 0 Å². The molecule has 28 heavy (non-hydrogen) atoms. The Hall–Kier alpha value is -1.33. The molecule has 2 rings (SSSR count). The number of hydrogen-bond acceptors (Lipinski definition) is 3. The van der Waals surface area contributed by atoms with Crippen LogP contribution in [0.25, 0.3) is 0 Å². The van der Waals surface area contributed by atoms with Crippen molar-refractivity contribution in [3.05, 3.63) is 29.3 Å². The smallest absolute Gasteiger partial charge is 0.307 e. The molecule has 1 aliphatic heterocycles. The highest BCUT2D eigenvalue weighted by molar-refractivity contribution is 7.89. The van der Waals surface area contributed by atoms with Crippen LogP contribution < -0.4 is 10.0 Å². The molecule has 1 saturated heterocycles. The minimum Gasteiger partial charge on any atom is -0.307 e. The minimum absolute atomic E-state index is 0.101. The van der Waals surface area contributed by atoms with Crippen LogP contribution in [0.2, 0.25) is 0 Å². The zero-order chi connectivity index (χ0) is 21.8. The van der Waals surface area contributed by atoms with Crippen molar-refractivity contribution in [1.82, 2.24) is 10.0 Å². The summed E-state index contributed by atoms with van der Waals surface area (Å²) in [6.07, 6.45) is -9.60. The van der Waals surface area contributed by atoms with Gasteiger partial charge < -0.3 is 5.32 Å². The van der Waals surface area contributed by atoms with Gasteiger partial charge in [-0.05, 0) is 58.7 Å². The molecule has 0 atom stereocenters. The molecule has 11 heteroatoms. The van der Waals surface area contributed by atoms with E-state index >= 15 is 0 Å². The molecular formula is C17H22F6N2O2S. The number of nitrogens with one attached hydrogen (secondary N) is 2. The molecule has 0 amide bonds. The average molecular weight is 432 g/mol. The van der Waals surface area contributed by atoms with Crippen molar-refractivity contribution in [2.75, 3.05) is 0 Å². The van der Waals surface area contributed by atoms with Gasteiger partial charge in [-0.2, -0.15) is 26.3 Å². The first-order valence-electron chi connectivity index (χ1n) is 8.42. The Bertz CT molecular complexity index is 796. The lowest BCUT2D eigenvalue weighted by Gasteiger charge is -2.46. The van der Waals surface area contributed by atoms with Crippen molar-refractivity contribution < 1.29 is 34.8 Å². The molecule has 1 fully saturated rings. The molecule has 0 aromatic heterocycles. The second kappa shape index (κ2) is 6.88. The summed E-state index contributed by atoms with van der Waals surface area (Å²) in [6, 6.07) is -0.320. The second-order valence-electron chi connectivity index (χ2n) is 8.36. The third-order valence-electron chi connectivity index (χ3n) is 4.38. The zero-order valence-corrected chi connectivity index (χ0v) is 16.5. The monoisotopic (exact) mass is 432 g/mol. The first kappa shape index (κ1) is 23.0. The SMILES string of the molecule is CC1(C)CC(NS(=O)(=O)c2cc(C(F)(F)F)cc(C(F)(F)F)c2)CC(C)(C)N1. The lowest BCUT2D eigenvalue weighted by Crippen LogP contribution is -2.62. The Morgan fingerprint density at radius 1 is 0.893 bits per heavy atom. The van der Waals surface area contributed by atoms with Gasteiger partial charge in [0.05, 0.1) is 16.0 Å². The second-order valence-corrected chi connectivity index (χ2v) is 10.1. The molecule has 4 nitrogen and oxygen atoms in total. The number of piperidine rings is 1. The first-order chi connectivity index (χ1) is 12.3. The van der Waals surface area contributed by atoms with E-state index in [2.05, 4.69) is 10.0 Å². The molecule has 1 aromatic rings. The summed E-state index contributed by atoms with van der Waals surface area (Å²) < 4.78 is 105. The van der Waals surface area contributed by atoms with Crippen LogP contribution in [0.5, 0.6) is 0 Å². The lowest BCUT2D eigenvalue weighted by atomic mass is 9.80. The van der Waals surface area contributed by atoms with Crippen molar-refractivity contribution in [3.8, 4) is 0 Å². The predicted molar refractivity (Wildman–Crippen MR) is 91.1 cm³/mol. The van der Waals surface area contributed by atoms with Crippen LogP contribution in [0.4, 0.5) is 26.3 Å². The maximum absolute atomic E-state index is 13.0. The molecule has 0 aliphatic carbocycles. The van der Waals surface area contributed by atoms with Crippen LogP contribution in [0, 0.1) is 0 Å². The van der Waals surface area contributed by atoms with Crippen molar-refractivity contribution >= 4 is 10.0 Å². The summed E-state index contributed by atoms with van der Waals surface area (Å²) in [5, 5.41) is 3.31. The number of rotatable bonds is 3. The van der Waals surface area contributed by atoms with E-state index in [4.69, 9.17) is 0 Å². The highest BCUT2D eigenvalue weighted by Crippen LogP contribution is 2.37. The van der Waals surface area contributed by atoms with Gasteiger partial charge in [-0.25, -0.2) is 13.1 Å². The molecule has 1 heterocycles. The molecule has 0 unspecified atom stereocenters. The molecule has 1 aromatic carbocycles. The molecule has 2 N–H and O–H groups in total. The molecule has 160 valence electrons. The largest absolute Gasteiger partial charge is 0.416 e. The summed E-state index contributed by atoms with van der Waals surface area (Å²) in [4.78, 5) is -1.07. The fraction of sp³-hybridized carbons (Fsp3) is 0.647. The Kier molecular flexibility index (Phi) is 5.64. The fourth-order valence-electron chi connectivity index (χ4n) is 3.77. The number of sulfonamides is 1. The predicted octanol–water partition coefficient (Wildman–Crippen LogP) is 4.31. The highest BCUT2D eigenvalue weighted by Gasteiger charge is 2.41. The fourth-order valence-corrected chi connectivity index (χ4v) is 5.08. The van der Waals surface area contributed by atoms with Gasteiger partial charge in [0.2, 0.25) is 10.0 Å². The summed E-state index contributed by atoms with van der Waals surface area (Å²) in [5.41, 5.74) is -4.29. The van der Waals surface area contributed by atoms with Crippen LogP contribution in [0.1, 0.15) is 51.7 Å². The Morgan fingerprint density at radius 3 is 1.64 bits per heavy atom. The van der Waals surface area contributed by atoms with Crippen LogP contribution in [-0.2, 0) is 22.4 Å². The van der Waals surface area contributed by atoms with Gasteiger partial charge >= 0.3 is 12.4 Å². The highest BCUT2D eigenvalue weighted by atomic mass is 32.2. The van der Waals surface area contributed by atoms with Gasteiger partial charge in [-0.15, -0.1) is 0 Å². The first-order valence-corrected chi connectivity index (χ1v) is 9.90. The van der Waals surface area contributed by atoms with E-state index in [0.717, 1.165) is 0 Å². The van der Waals surface area contributed by atoms with Crippen LogP contribution in [-0.4, -0.2) is 25.5 Å². The van der Waals surface area contributed by atoms with Crippen molar-refractivity contribution in [2.45, 2.75) is 74.9 Å². The van der Waals surface area contributed by atoms with Gasteiger partial charge in [0, 0.05) is 17.1 Å². The molecule has 0 radical (unpaired) electrons. The van der Waals surface area contributed by atoms with E-state index < -0.39 is 55.5 Å². The summed E-state index contributed by atoms with van der Waals surface area (Å²) in [7, 11) is -4.60. The van der Waals surface area contributed by atoms with E-state index in [9.17, 15) is 34.8 Å². The zero-order valence-electron chi connectivity index (χ0n) is 15.7. The standard InChI is InChI=1S/C17H22F6N2O2S/c1-14(2)8-12(9-15(3,4)25-14)24-28(26,27)13-6-10(16(18,19)20)5-11(7-13)17(21,22)23/h5-7,12,24-25H,8-9H2,1-4H3. The number of alkyl halides is 6. The molecular weight excluding hydrogens is 410 g/mol. The van der Waals surface area contributed by atoms with E-state index in [-0.39, 0.29) is 18.2 Å². The van der Waals surface area contributed by atoms with E-state index in [0.29, 0.717) is 12.8 Å². The average Bonchev–Trinajstić information content (AvgIpc) is 2.40. The number of halogens is 6. The molecule has 1 aliphatic rings. The van der Waals surface area contributed by atoms with Gasteiger partial charge in [0.1, 0.15) is 0 Å². The minimum atomic E-state index is -5.12. The maximum atomic E-state index is 13.0. The third-order valence-corrected chi connectivity index (χ3v) is 5.88. The van der Waals surface area contributed by atoms with E-state index in [1.807, 2.05) is 27.7 Å². The normalized spacial score (nSPS) is 20.9. The molecule has 0 saturated carbocycles. The van der Waals surface area contributed by atoms with Gasteiger partial charge in [0.25, 0.3) is 0 Å². The number of hydrogen-bond donors (Lipinski definition) is 2.